The Morgan fingerprint density at radius 3 is 2.88 bits per heavy atom. The second-order valence-corrected chi connectivity index (χ2v) is 3.89. The van der Waals surface area contributed by atoms with Crippen molar-refractivity contribution in [2.45, 2.75) is 18.6 Å². The summed E-state index contributed by atoms with van der Waals surface area (Å²) in [6.45, 7) is 0.629. The number of hydrogen-bond donors (Lipinski definition) is 2. The third-order valence-corrected chi connectivity index (χ3v) is 2.74. The van der Waals surface area contributed by atoms with E-state index < -0.39 is 0 Å². The van der Waals surface area contributed by atoms with Crippen molar-refractivity contribution in [3.8, 4) is 0 Å². The zero-order valence-corrected chi connectivity index (χ0v) is 9.27. The summed E-state index contributed by atoms with van der Waals surface area (Å²) < 4.78 is 4.69. The summed E-state index contributed by atoms with van der Waals surface area (Å²) >= 11 is 0. The van der Waals surface area contributed by atoms with Crippen LogP contribution in [0.2, 0.25) is 0 Å². The molecule has 0 aliphatic carbocycles. The maximum absolute atomic E-state index is 11.3. The Labute approximate surface area is 95.0 Å². The number of methoxy groups -OCH3 is 1. The minimum atomic E-state index is -0.223. The third-order valence-electron chi connectivity index (χ3n) is 2.74. The van der Waals surface area contributed by atoms with Gasteiger partial charge >= 0.3 is 5.97 Å². The molecule has 0 bridgehead atoms. The predicted octanol–water partition coefficient (Wildman–Crippen LogP) is 0.290. The molecule has 0 radical (unpaired) electrons. The number of carbonyl (C=O) groups is 1. The predicted molar refractivity (Wildman–Crippen MR) is 60.9 cm³/mol. The van der Waals surface area contributed by atoms with Crippen molar-refractivity contribution in [3.63, 3.8) is 0 Å². The van der Waals surface area contributed by atoms with Crippen LogP contribution in [-0.4, -0.2) is 31.8 Å². The standard InChI is InChI=1S/C12H16N2O2/c1-16-12(15)10-8-13-11(14-10)7-9-5-3-2-4-6-9/h2-6,10-11,13-14H,7-8H2,1H3. The fourth-order valence-electron chi connectivity index (χ4n) is 1.90. The lowest BCUT2D eigenvalue weighted by Gasteiger charge is -2.12. The fourth-order valence-corrected chi connectivity index (χ4v) is 1.90. The van der Waals surface area contributed by atoms with Crippen molar-refractivity contribution in [2.75, 3.05) is 13.7 Å². The monoisotopic (exact) mass is 220 g/mol. The van der Waals surface area contributed by atoms with E-state index in [4.69, 9.17) is 4.74 Å². The molecule has 1 fully saturated rings. The van der Waals surface area contributed by atoms with E-state index in [0.717, 1.165) is 6.42 Å². The first-order chi connectivity index (χ1) is 7.79. The highest BCUT2D eigenvalue weighted by Gasteiger charge is 2.28. The van der Waals surface area contributed by atoms with E-state index >= 15 is 0 Å². The normalized spacial score (nSPS) is 24.3. The molecule has 2 N–H and O–H groups in total. The highest BCUT2D eigenvalue weighted by atomic mass is 16.5. The van der Waals surface area contributed by atoms with Crippen molar-refractivity contribution in [2.24, 2.45) is 0 Å². The van der Waals surface area contributed by atoms with Crippen molar-refractivity contribution in [1.29, 1.82) is 0 Å². The summed E-state index contributed by atoms with van der Waals surface area (Å²) in [6, 6.07) is 9.96. The Kier molecular flexibility index (Phi) is 3.54. The average Bonchev–Trinajstić information content (AvgIpc) is 2.78. The van der Waals surface area contributed by atoms with Gasteiger partial charge in [0, 0.05) is 13.0 Å². The number of benzene rings is 1. The lowest BCUT2D eigenvalue weighted by atomic mass is 10.1. The van der Waals surface area contributed by atoms with Crippen LogP contribution in [0.1, 0.15) is 5.56 Å². The topological polar surface area (TPSA) is 50.4 Å². The SMILES string of the molecule is COC(=O)C1CNC(Cc2ccccc2)N1. The molecule has 0 amide bonds. The molecule has 2 atom stereocenters. The second kappa shape index (κ2) is 5.09. The van der Waals surface area contributed by atoms with Crippen LogP contribution in [0.15, 0.2) is 30.3 Å². The van der Waals surface area contributed by atoms with Gasteiger partial charge in [-0.05, 0) is 5.56 Å². The highest BCUT2D eigenvalue weighted by molar-refractivity contribution is 5.76. The van der Waals surface area contributed by atoms with E-state index in [1.54, 1.807) is 0 Å². The van der Waals surface area contributed by atoms with Crippen molar-refractivity contribution in [1.82, 2.24) is 10.6 Å². The number of ether oxygens (including phenoxy) is 1. The van der Waals surface area contributed by atoms with Gasteiger partial charge < -0.3 is 4.74 Å². The molecular formula is C12H16N2O2. The average molecular weight is 220 g/mol. The Hall–Kier alpha value is -1.39. The van der Waals surface area contributed by atoms with E-state index in [0.29, 0.717) is 6.54 Å². The molecule has 4 heteroatoms. The first-order valence-corrected chi connectivity index (χ1v) is 5.41. The lowest BCUT2D eigenvalue weighted by Crippen LogP contribution is -2.39. The minimum absolute atomic E-state index is 0.145. The van der Waals surface area contributed by atoms with E-state index in [9.17, 15) is 4.79 Å². The van der Waals surface area contributed by atoms with Gasteiger partial charge in [-0.25, -0.2) is 0 Å². The Morgan fingerprint density at radius 1 is 1.44 bits per heavy atom. The maximum Gasteiger partial charge on any atom is 0.324 e. The van der Waals surface area contributed by atoms with Crippen LogP contribution in [-0.2, 0) is 16.0 Å². The summed E-state index contributed by atoms with van der Waals surface area (Å²) in [6.07, 6.45) is 1.01. The molecule has 2 rings (SSSR count). The highest BCUT2D eigenvalue weighted by Crippen LogP contribution is 2.06. The Bertz CT molecular complexity index is 353. The van der Waals surface area contributed by atoms with E-state index in [-0.39, 0.29) is 18.2 Å². The third kappa shape index (κ3) is 2.59. The molecule has 1 aliphatic rings. The zero-order chi connectivity index (χ0) is 11.4. The van der Waals surface area contributed by atoms with Gasteiger partial charge in [0.05, 0.1) is 13.3 Å². The number of hydrogen-bond acceptors (Lipinski definition) is 4. The van der Waals surface area contributed by atoms with Crippen LogP contribution in [0.25, 0.3) is 0 Å². The van der Waals surface area contributed by atoms with Gasteiger partial charge in [-0.15, -0.1) is 0 Å². The summed E-state index contributed by atoms with van der Waals surface area (Å²) in [5.41, 5.74) is 1.25. The molecule has 1 aromatic carbocycles. The molecule has 86 valence electrons. The van der Waals surface area contributed by atoms with Crippen LogP contribution in [0.3, 0.4) is 0 Å². The summed E-state index contributed by atoms with van der Waals surface area (Å²) in [4.78, 5) is 11.3. The number of nitrogens with one attached hydrogen (secondary N) is 2. The van der Waals surface area contributed by atoms with Gasteiger partial charge in [0.25, 0.3) is 0 Å². The number of rotatable bonds is 3. The summed E-state index contributed by atoms with van der Waals surface area (Å²) in [5.74, 6) is -0.205. The molecule has 1 saturated heterocycles. The van der Waals surface area contributed by atoms with Crippen molar-refractivity contribution < 1.29 is 9.53 Å². The van der Waals surface area contributed by atoms with Gasteiger partial charge in [-0.3, -0.25) is 15.4 Å². The first-order valence-electron chi connectivity index (χ1n) is 5.41. The van der Waals surface area contributed by atoms with Crippen LogP contribution >= 0.6 is 0 Å². The number of carbonyl (C=O) groups excluding carboxylic acids is 1. The fraction of sp³-hybridized carbons (Fsp3) is 0.417. The van der Waals surface area contributed by atoms with Gasteiger partial charge in [0.15, 0.2) is 0 Å². The van der Waals surface area contributed by atoms with Gasteiger partial charge in [0.1, 0.15) is 6.04 Å². The van der Waals surface area contributed by atoms with Crippen LogP contribution < -0.4 is 10.6 Å². The first kappa shape index (κ1) is 11.1. The van der Waals surface area contributed by atoms with Crippen LogP contribution in [0, 0.1) is 0 Å². The lowest BCUT2D eigenvalue weighted by molar-refractivity contribution is -0.142. The quantitative estimate of drug-likeness (QED) is 0.719. The Morgan fingerprint density at radius 2 is 2.19 bits per heavy atom. The number of esters is 1. The molecule has 1 heterocycles. The smallest absolute Gasteiger partial charge is 0.324 e. The Balaban J connectivity index is 1.88. The van der Waals surface area contributed by atoms with Crippen molar-refractivity contribution in [3.05, 3.63) is 35.9 Å². The largest absolute Gasteiger partial charge is 0.468 e. The zero-order valence-electron chi connectivity index (χ0n) is 9.27. The summed E-state index contributed by atoms with van der Waals surface area (Å²) in [5, 5.41) is 6.46. The van der Waals surface area contributed by atoms with Gasteiger partial charge in [-0.2, -0.15) is 0 Å². The molecule has 0 aromatic heterocycles. The van der Waals surface area contributed by atoms with E-state index in [1.165, 1.54) is 12.7 Å². The molecule has 16 heavy (non-hydrogen) atoms. The van der Waals surface area contributed by atoms with Gasteiger partial charge in [0.2, 0.25) is 0 Å². The molecular weight excluding hydrogens is 204 g/mol. The molecule has 0 spiro atoms. The molecule has 1 aliphatic heterocycles. The van der Waals surface area contributed by atoms with Crippen LogP contribution in [0.5, 0.6) is 0 Å². The summed E-state index contributed by atoms with van der Waals surface area (Å²) in [7, 11) is 1.41. The second-order valence-electron chi connectivity index (χ2n) is 3.89. The molecule has 1 aromatic rings. The van der Waals surface area contributed by atoms with Gasteiger partial charge in [-0.1, -0.05) is 30.3 Å². The van der Waals surface area contributed by atoms with Crippen molar-refractivity contribution >= 4 is 5.97 Å². The molecule has 0 saturated carbocycles. The van der Waals surface area contributed by atoms with E-state index in [2.05, 4.69) is 22.8 Å². The maximum atomic E-state index is 11.3. The molecule has 4 nitrogen and oxygen atoms in total. The van der Waals surface area contributed by atoms with Crippen LogP contribution in [0.4, 0.5) is 0 Å². The van der Waals surface area contributed by atoms with E-state index in [1.807, 2.05) is 18.2 Å². The minimum Gasteiger partial charge on any atom is -0.468 e. The molecule has 2 unspecified atom stereocenters.